The Bertz CT molecular complexity index is 971. The van der Waals surface area contributed by atoms with Crippen LogP contribution in [0.4, 0.5) is 18.9 Å². The molecule has 162 valence electrons. The molecule has 3 N–H and O–H groups in total. The summed E-state index contributed by atoms with van der Waals surface area (Å²) in [7, 11) is 3.99. The van der Waals surface area contributed by atoms with Crippen molar-refractivity contribution < 1.29 is 18.0 Å². The molecule has 0 aliphatic heterocycles. The van der Waals surface area contributed by atoms with E-state index in [2.05, 4.69) is 20.5 Å². The second-order valence-electron chi connectivity index (χ2n) is 7.80. The van der Waals surface area contributed by atoms with Crippen molar-refractivity contribution in [2.45, 2.75) is 44.3 Å². The van der Waals surface area contributed by atoms with Gasteiger partial charge in [-0.05, 0) is 33.9 Å². The first-order chi connectivity index (χ1) is 14.2. The van der Waals surface area contributed by atoms with E-state index in [0.29, 0.717) is 11.7 Å². The summed E-state index contributed by atoms with van der Waals surface area (Å²) in [5.74, 6) is -1.59. The fraction of sp³-hybridized carbons (Fsp3) is 0.429. The number of amides is 1. The zero-order chi connectivity index (χ0) is 22.0. The van der Waals surface area contributed by atoms with Gasteiger partial charge in [-0.1, -0.05) is 18.2 Å². The van der Waals surface area contributed by atoms with Gasteiger partial charge in [-0.15, -0.1) is 0 Å². The van der Waals surface area contributed by atoms with Gasteiger partial charge in [-0.3, -0.25) is 9.59 Å². The SMILES string of the molecule is C[C@@H](NC(=O)c1c[nH]c(=O)cc1NC1CC(N(C)C)C1)c1cccc(C(F)F)c1F. The summed E-state index contributed by atoms with van der Waals surface area (Å²) >= 11 is 0. The lowest BCUT2D eigenvalue weighted by Crippen LogP contribution is -2.47. The van der Waals surface area contributed by atoms with Crippen molar-refractivity contribution in [1.82, 2.24) is 15.2 Å². The minimum atomic E-state index is -2.95. The fourth-order valence-corrected chi connectivity index (χ4v) is 3.55. The third-order valence-electron chi connectivity index (χ3n) is 5.48. The van der Waals surface area contributed by atoms with Crippen LogP contribution >= 0.6 is 0 Å². The molecule has 1 aliphatic carbocycles. The summed E-state index contributed by atoms with van der Waals surface area (Å²) in [5, 5.41) is 5.84. The molecule has 1 aliphatic rings. The van der Waals surface area contributed by atoms with E-state index in [-0.39, 0.29) is 22.7 Å². The van der Waals surface area contributed by atoms with Crippen molar-refractivity contribution in [3.05, 3.63) is 63.3 Å². The molecule has 2 aromatic rings. The van der Waals surface area contributed by atoms with Gasteiger partial charge in [0.05, 0.1) is 22.9 Å². The second kappa shape index (κ2) is 8.91. The van der Waals surface area contributed by atoms with Crippen molar-refractivity contribution in [3.8, 4) is 0 Å². The first-order valence-electron chi connectivity index (χ1n) is 9.70. The van der Waals surface area contributed by atoms with Crippen molar-refractivity contribution in [3.63, 3.8) is 0 Å². The molecule has 9 heteroatoms. The van der Waals surface area contributed by atoms with E-state index in [4.69, 9.17) is 0 Å². The first kappa shape index (κ1) is 21.9. The Morgan fingerprint density at radius 1 is 1.23 bits per heavy atom. The van der Waals surface area contributed by atoms with Crippen molar-refractivity contribution >= 4 is 11.6 Å². The van der Waals surface area contributed by atoms with Gasteiger partial charge >= 0.3 is 0 Å². The maximum atomic E-state index is 14.4. The monoisotopic (exact) mass is 422 g/mol. The molecule has 0 bridgehead atoms. The lowest BCUT2D eigenvalue weighted by atomic mass is 9.85. The van der Waals surface area contributed by atoms with Gasteiger partial charge in [-0.2, -0.15) is 0 Å². The molecule has 0 spiro atoms. The number of hydrogen-bond donors (Lipinski definition) is 3. The van der Waals surface area contributed by atoms with Gasteiger partial charge in [0.1, 0.15) is 5.82 Å². The van der Waals surface area contributed by atoms with E-state index in [1.54, 1.807) is 0 Å². The topological polar surface area (TPSA) is 77.2 Å². The van der Waals surface area contributed by atoms with Crippen LogP contribution in [-0.4, -0.2) is 42.0 Å². The molecule has 6 nitrogen and oxygen atoms in total. The van der Waals surface area contributed by atoms with Crippen LogP contribution in [0, 0.1) is 5.82 Å². The van der Waals surface area contributed by atoms with Crippen LogP contribution in [0.3, 0.4) is 0 Å². The third-order valence-corrected chi connectivity index (χ3v) is 5.48. The summed E-state index contributed by atoms with van der Waals surface area (Å²) < 4.78 is 40.3. The van der Waals surface area contributed by atoms with Crippen molar-refractivity contribution in [1.29, 1.82) is 0 Å². The number of halogens is 3. The Morgan fingerprint density at radius 3 is 2.53 bits per heavy atom. The van der Waals surface area contributed by atoms with Crippen molar-refractivity contribution in [2.24, 2.45) is 0 Å². The van der Waals surface area contributed by atoms with Crippen LogP contribution < -0.4 is 16.2 Å². The molecule has 1 heterocycles. The van der Waals surface area contributed by atoms with E-state index in [0.717, 1.165) is 18.9 Å². The largest absolute Gasteiger partial charge is 0.381 e. The highest BCUT2D eigenvalue weighted by Crippen LogP contribution is 2.29. The van der Waals surface area contributed by atoms with Crippen LogP contribution in [0.1, 0.15) is 53.7 Å². The number of aromatic nitrogens is 1. The molecule has 1 aromatic heterocycles. The lowest BCUT2D eigenvalue weighted by molar-refractivity contribution is 0.0939. The van der Waals surface area contributed by atoms with E-state index in [9.17, 15) is 22.8 Å². The number of alkyl halides is 2. The van der Waals surface area contributed by atoms with Gasteiger partial charge in [0.25, 0.3) is 12.3 Å². The molecular formula is C21H25F3N4O2. The highest BCUT2D eigenvalue weighted by molar-refractivity contribution is 5.99. The van der Waals surface area contributed by atoms with Crippen molar-refractivity contribution in [2.75, 3.05) is 19.4 Å². The lowest BCUT2D eigenvalue weighted by Gasteiger charge is -2.40. The number of nitrogens with one attached hydrogen (secondary N) is 3. The fourth-order valence-electron chi connectivity index (χ4n) is 3.55. The number of anilines is 1. The smallest absolute Gasteiger partial charge is 0.266 e. The van der Waals surface area contributed by atoms with Gasteiger partial charge in [0.15, 0.2) is 0 Å². The molecular weight excluding hydrogens is 397 g/mol. The molecule has 1 fully saturated rings. The first-order valence-corrected chi connectivity index (χ1v) is 9.70. The van der Waals surface area contributed by atoms with Crippen LogP contribution in [0.15, 0.2) is 35.3 Å². The maximum absolute atomic E-state index is 14.4. The third kappa shape index (κ3) is 4.67. The minimum absolute atomic E-state index is 0.0344. The van der Waals surface area contributed by atoms with E-state index < -0.39 is 29.8 Å². The summed E-state index contributed by atoms with van der Waals surface area (Å²) in [6.45, 7) is 1.51. The summed E-state index contributed by atoms with van der Waals surface area (Å²) in [6.07, 6.45) is 0.100. The molecule has 1 aromatic carbocycles. The number of H-pyrrole nitrogens is 1. The summed E-state index contributed by atoms with van der Waals surface area (Å²) in [6, 6.07) is 4.72. The number of aromatic amines is 1. The predicted octanol–water partition coefficient (Wildman–Crippen LogP) is 3.45. The summed E-state index contributed by atoms with van der Waals surface area (Å²) in [4.78, 5) is 29.1. The Balaban J connectivity index is 1.76. The molecule has 0 unspecified atom stereocenters. The maximum Gasteiger partial charge on any atom is 0.266 e. The minimum Gasteiger partial charge on any atom is -0.381 e. The van der Waals surface area contributed by atoms with Gasteiger partial charge < -0.3 is 20.5 Å². The average molecular weight is 422 g/mol. The molecule has 0 radical (unpaired) electrons. The number of pyridine rings is 1. The number of rotatable bonds is 7. The van der Waals surface area contributed by atoms with Crippen LogP contribution in [0.25, 0.3) is 0 Å². The van der Waals surface area contributed by atoms with Gasteiger partial charge in [-0.25, -0.2) is 13.2 Å². The number of carbonyl (C=O) groups excluding carboxylic acids is 1. The van der Waals surface area contributed by atoms with E-state index >= 15 is 0 Å². The number of carbonyl (C=O) groups is 1. The van der Waals surface area contributed by atoms with E-state index in [1.807, 2.05) is 14.1 Å². The quantitative estimate of drug-likeness (QED) is 0.639. The van der Waals surface area contributed by atoms with Crippen LogP contribution in [0.5, 0.6) is 0 Å². The Morgan fingerprint density at radius 2 is 1.90 bits per heavy atom. The Labute approximate surface area is 172 Å². The highest BCUT2D eigenvalue weighted by atomic mass is 19.3. The van der Waals surface area contributed by atoms with Gasteiger partial charge in [0.2, 0.25) is 5.56 Å². The second-order valence-corrected chi connectivity index (χ2v) is 7.80. The Hall–Kier alpha value is -2.81. The van der Waals surface area contributed by atoms with Gasteiger partial charge in [0, 0.05) is 29.9 Å². The zero-order valence-corrected chi connectivity index (χ0v) is 17.0. The summed E-state index contributed by atoms with van der Waals surface area (Å²) in [5.41, 5.74) is -0.526. The molecule has 1 amide bonds. The molecule has 1 atom stereocenters. The molecule has 1 saturated carbocycles. The highest BCUT2D eigenvalue weighted by Gasteiger charge is 2.31. The normalized spacial score (nSPS) is 19.5. The molecule has 3 rings (SSSR count). The molecule has 30 heavy (non-hydrogen) atoms. The zero-order valence-electron chi connectivity index (χ0n) is 17.0. The predicted molar refractivity (Wildman–Crippen MR) is 108 cm³/mol. The van der Waals surface area contributed by atoms with E-state index in [1.165, 1.54) is 31.3 Å². The average Bonchev–Trinajstić information content (AvgIpc) is 2.63. The molecule has 0 saturated heterocycles. The van der Waals surface area contributed by atoms with Crippen LogP contribution in [0.2, 0.25) is 0 Å². The standard InChI is InChI=1S/C21H25F3N4O2/c1-11(14-5-4-6-15(19(14)22)20(23)24)26-21(30)16-10-25-18(29)9-17(16)27-12-7-13(8-12)28(2)3/h4-6,9-13,20H,7-8H2,1-3H3,(H,26,30)(H2,25,27,29)/t11-,12?,13?/m1/s1. The number of hydrogen-bond acceptors (Lipinski definition) is 4. The number of nitrogens with zero attached hydrogens (tertiary/aromatic N) is 1. The number of benzene rings is 1. The Kier molecular flexibility index (Phi) is 6.50. The van der Waals surface area contributed by atoms with Crippen LogP contribution in [-0.2, 0) is 0 Å².